The molecule has 0 aliphatic heterocycles. The highest BCUT2D eigenvalue weighted by Crippen LogP contribution is 2.22. The maximum absolute atomic E-state index is 12.2. The molecule has 0 radical (unpaired) electrons. The SMILES string of the molecule is C[C@H](Oc1ccc(OCc2ccccc2)cc1)C(=O)N/N=C\c1c(Cl)cccc1Cl. The Kier molecular flexibility index (Phi) is 7.71. The summed E-state index contributed by atoms with van der Waals surface area (Å²) >= 11 is 12.1. The van der Waals surface area contributed by atoms with Crippen LogP contribution in [0.15, 0.2) is 77.9 Å². The second-order valence-corrected chi connectivity index (χ2v) is 7.19. The van der Waals surface area contributed by atoms with Crippen LogP contribution in [0.5, 0.6) is 11.5 Å². The van der Waals surface area contributed by atoms with Gasteiger partial charge in [-0.15, -0.1) is 0 Å². The zero-order valence-electron chi connectivity index (χ0n) is 16.2. The zero-order chi connectivity index (χ0) is 21.3. The van der Waals surface area contributed by atoms with Crippen molar-refractivity contribution in [3.63, 3.8) is 0 Å². The van der Waals surface area contributed by atoms with Crippen molar-refractivity contribution in [3.8, 4) is 11.5 Å². The molecular weight excluding hydrogens is 423 g/mol. The minimum atomic E-state index is -0.750. The molecule has 30 heavy (non-hydrogen) atoms. The number of hydrogen-bond donors (Lipinski definition) is 1. The molecule has 1 atom stereocenters. The summed E-state index contributed by atoms with van der Waals surface area (Å²) in [4.78, 5) is 12.2. The van der Waals surface area contributed by atoms with Gasteiger partial charge in [-0.05, 0) is 48.9 Å². The molecule has 0 bridgehead atoms. The molecule has 0 spiro atoms. The zero-order valence-corrected chi connectivity index (χ0v) is 17.7. The Morgan fingerprint density at radius 1 is 0.967 bits per heavy atom. The predicted molar refractivity (Wildman–Crippen MR) is 120 cm³/mol. The van der Waals surface area contributed by atoms with Gasteiger partial charge in [0.05, 0.1) is 16.3 Å². The van der Waals surface area contributed by atoms with Gasteiger partial charge in [-0.2, -0.15) is 5.10 Å². The van der Waals surface area contributed by atoms with E-state index >= 15 is 0 Å². The molecule has 3 aromatic rings. The quantitative estimate of drug-likeness (QED) is 0.370. The van der Waals surface area contributed by atoms with Crippen LogP contribution in [0.3, 0.4) is 0 Å². The summed E-state index contributed by atoms with van der Waals surface area (Å²) < 4.78 is 11.4. The number of amides is 1. The lowest BCUT2D eigenvalue weighted by Crippen LogP contribution is -2.33. The van der Waals surface area contributed by atoms with Crippen LogP contribution in [-0.4, -0.2) is 18.2 Å². The number of carbonyl (C=O) groups excluding carboxylic acids is 1. The van der Waals surface area contributed by atoms with E-state index in [1.165, 1.54) is 6.21 Å². The normalized spacial score (nSPS) is 11.8. The number of hydrogen-bond acceptors (Lipinski definition) is 4. The van der Waals surface area contributed by atoms with E-state index in [2.05, 4.69) is 10.5 Å². The summed E-state index contributed by atoms with van der Waals surface area (Å²) in [5, 5.41) is 4.79. The van der Waals surface area contributed by atoms with Crippen LogP contribution in [0.2, 0.25) is 10.0 Å². The Balaban J connectivity index is 1.49. The number of halogens is 2. The lowest BCUT2D eigenvalue weighted by molar-refractivity contribution is -0.127. The van der Waals surface area contributed by atoms with Crippen molar-refractivity contribution < 1.29 is 14.3 Å². The van der Waals surface area contributed by atoms with E-state index in [0.29, 0.717) is 33.7 Å². The van der Waals surface area contributed by atoms with Crippen molar-refractivity contribution in [3.05, 3.63) is 94.0 Å². The van der Waals surface area contributed by atoms with Crippen molar-refractivity contribution in [2.24, 2.45) is 5.10 Å². The first kappa shape index (κ1) is 21.7. The van der Waals surface area contributed by atoms with Gasteiger partial charge in [0.1, 0.15) is 18.1 Å². The molecule has 0 saturated heterocycles. The summed E-state index contributed by atoms with van der Waals surface area (Å²) in [5.41, 5.74) is 4.03. The number of nitrogens with zero attached hydrogens (tertiary/aromatic N) is 1. The topological polar surface area (TPSA) is 59.9 Å². The monoisotopic (exact) mass is 442 g/mol. The number of ether oxygens (including phenoxy) is 2. The summed E-state index contributed by atoms with van der Waals surface area (Å²) in [6, 6.07) is 22.1. The number of carbonyl (C=O) groups is 1. The van der Waals surface area contributed by atoms with Crippen LogP contribution in [0.1, 0.15) is 18.1 Å². The molecule has 1 amide bonds. The molecule has 154 valence electrons. The first-order chi connectivity index (χ1) is 14.5. The highest BCUT2D eigenvalue weighted by atomic mass is 35.5. The minimum Gasteiger partial charge on any atom is -0.489 e. The summed E-state index contributed by atoms with van der Waals surface area (Å²) in [6.45, 7) is 2.11. The van der Waals surface area contributed by atoms with Gasteiger partial charge in [0.2, 0.25) is 0 Å². The standard InChI is InChI=1S/C23H20Cl2N2O3/c1-16(23(28)27-26-14-20-21(24)8-5-9-22(20)25)30-19-12-10-18(11-13-19)29-15-17-6-3-2-4-7-17/h2-14,16H,15H2,1H3,(H,27,28)/b26-14-/t16-/m0/s1. The fraction of sp³-hybridized carbons (Fsp3) is 0.130. The predicted octanol–water partition coefficient (Wildman–Crippen LogP) is 5.49. The average Bonchev–Trinajstić information content (AvgIpc) is 2.76. The third kappa shape index (κ3) is 6.24. The van der Waals surface area contributed by atoms with Gasteiger partial charge in [-0.3, -0.25) is 4.79 Å². The van der Waals surface area contributed by atoms with Crippen LogP contribution in [0, 0.1) is 0 Å². The van der Waals surface area contributed by atoms with Crippen molar-refractivity contribution in [2.45, 2.75) is 19.6 Å². The highest BCUT2D eigenvalue weighted by molar-refractivity contribution is 6.38. The van der Waals surface area contributed by atoms with Gasteiger partial charge in [0.15, 0.2) is 6.10 Å². The van der Waals surface area contributed by atoms with Gasteiger partial charge in [0, 0.05) is 5.56 Å². The molecule has 0 aromatic heterocycles. The molecule has 3 rings (SSSR count). The van der Waals surface area contributed by atoms with Crippen molar-refractivity contribution in [1.29, 1.82) is 0 Å². The van der Waals surface area contributed by atoms with E-state index in [9.17, 15) is 4.79 Å². The smallest absolute Gasteiger partial charge is 0.280 e. The third-order valence-electron chi connectivity index (χ3n) is 4.12. The summed E-state index contributed by atoms with van der Waals surface area (Å²) in [5.74, 6) is 0.853. The molecule has 0 saturated carbocycles. The number of nitrogens with one attached hydrogen (secondary N) is 1. The van der Waals surface area contributed by atoms with E-state index < -0.39 is 12.0 Å². The molecule has 7 heteroatoms. The summed E-state index contributed by atoms with van der Waals surface area (Å²) in [6.07, 6.45) is 0.647. The van der Waals surface area contributed by atoms with Gasteiger partial charge >= 0.3 is 0 Å². The molecule has 3 aromatic carbocycles. The van der Waals surface area contributed by atoms with E-state index in [1.807, 2.05) is 30.3 Å². The van der Waals surface area contributed by atoms with Gasteiger partial charge in [0.25, 0.3) is 5.91 Å². The van der Waals surface area contributed by atoms with Crippen LogP contribution < -0.4 is 14.9 Å². The van der Waals surface area contributed by atoms with Crippen molar-refractivity contribution in [1.82, 2.24) is 5.43 Å². The first-order valence-electron chi connectivity index (χ1n) is 9.23. The molecule has 5 nitrogen and oxygen atoms in total. The lowest BCUT2D eigenvalue weighted by Gasteiger charge is -2.13. The number of benzene rings is 3. The van der Waals surface area contributed by atoms with Crippen molar-refractivity contribution >= 4 is 35.3 Å². The van der Waals surface area contributed by atoms with E-state index in [-0.39, 0.29) is 0 Å². The fourth-order valence-electron chi connectivity index (χ4n) is 2.50. The van der Waals surface area contributed by atoms with Gasteiger partial charge < -0.3 is 9.47 Å². The second kappa shape index (κ2) is 10.7. The number of hydrazone groups is 1. The molecule has 0 aliphatic carbocycles. The van der Waals surface area contributed by atoms with Crippen molar-refractivity contribution in [2.75, 3.05) is 0 Å². The maximum Gasteiger partial charge on any atom is 0.280 e. The minimum absolute atomic E-state index is 0.404. The largest absolute Gasteiger partial charge is 0.489 e. The lowest BCUT2D eigenvalue weighted by atomic mass is 10.2. The molecular formula is C23H20Cl2N2O3. The van der Waals surface area contributed by atoms with E-state index in [4.69, 9.17) is 32.7 Å². The van der Waals surface area contributed by atoms with Crippen LogP contribution in [0.4, 0.5) is 0 Å². The molecule has 0 aliphatic rings. The Bertz CT molecular complexity index is 988. The summed E-state index contributed by atoms with van der Waals surface area (Å²) in [7, 11) is 0. The second-order valence-electron chi connectivity index (χ2n) is 6.38. The third-order valence-corrected chi connectivity index (χ3v) is 4.78. The molecule has 1 N–H and O–H groups in total. The van der Waals surface area contributed by atoms with Gasteiger partial charge in [-0.1, -0.05) is 59.6 Å². The van der Waals surface area contributed by atoms with Crippen LogP contribution >= 0.6 is 23.2 Å². The maximum atomic E-state index is 12.2. The van der Waals surface area contributed by atoms with Crippen LogP contribution in [-0.2, 0) is 11.4 Å². The Morgan fingerprint density at radius 2 is 1.60 bits per heavy atom. The molecule has 0 heterocycles. The van der Waals surface area contributed by atoms with E-state index in [0.717, 1.165) is 5.56 Å². The Labute approximate surface area is 185 Å². The Morgan fingerprint density at radius 3 is 2.27 bits per heavy atom. The fourth-order valence-corrected chi connectivity index (χ4v) is 2.99. The van der Waals surface area contributed by atoms with Crippen LogP contribution in [0.25, 0.3) is 0 Å². The van der Waals surface area contributed by atoms with E-state index in [1.54, 1.807) is 49.4 Å². The first-order valence-corrected chi connectivity index (χ1v) is 9.99. The average molecular weight is 443 g/mol. The molecule has 0 fully saturated rings. The van der Waals surface area contributed by atoms with Gasteiger partial charge in [-0.25, -0.2) is 5.43 Å². The Hall–Kier alpha value is -3.02. The highest BCUT2D eigenvalue weighted by Gasteiger charge is 2.14. The number of rotatable bonds is 8. The molecule has 0 unspecified atom stereocenters.